The van der Waals surface area contributed by atoms with Crippen LogP contribution in [0.1, 0.15) is 44.0 Å². The highest BCUT2D eigenvalue weighted by atomic mass is 35.5. The molecule has 1 heterocycles. The number of carbonyl (C=O) groups is 2. The molecule has 1 aliphatic carbocycles. The van der Waals surface area contributed by atoms with E-state index in [-0.39, 0.29) is 27.4 Å². The SMILES string of the molecule is CC(C)(C)OC(=O)N1CCN(C(=O)c2ccc(Cl)c(S(=O)(=O)NC3CC3)c2)CC1. The number of carbonyl (C=O) groups excluding carboxylic acids is 2. The van der Waals surface area contributed by atoms with Crippen LogP contribution in [0, 0.1) is 0 Å². The fourth-order valence-electron chi connectivity index (χ4n) is 2.93. The van der Waals surface area contributed by atoms with Gasteiger partial charge in [0.1, 0.15) is 10.5 Å². The first-order valence-electron chi connectivity index (χ1n) is 9.55. The first kappa shape index (κ1) is 21.9. The van der Waals surface area contributed by atoms with E-state index in [1.807, 2.05) is 0 Å². The topological polar surface area (TPSA) is 96.0 Å². The molecule has 2 aliphatic rings. The molecule has 1 aliphatic heterocycles. The van der Waals surface area contributed by atoms with Gasteiger partial charge in [-0.3, -0.25) is 4.79 Å². The summed E-state index contributed by atoms with van der Waals surface area (Å²) in [5.74, 6) is -0.298. The van der Waals surface area contributed by atoms with Crippen LogP contribution in [0.2, 0.25) is 5.02 Å². The Kier molecular flexibility index (Phi) is 6.12. The van der Waals surface area contributed by atoms with Crippen molar-refractivity contribution in [2.24, 2.45) is 0 Å². The second kappa shape index (κ2) is 8.12. The number of rotatable bonds is 4. The number of ether oxygens (including phenoxy) is 1. The summed E-state index contributed by atoms with van der Waals surface area (Å²) in [5, 5.41) is 0.0736. The largest absolute Gasteiger partial charge is 0.444 e. The summed E-state index contributed by atoms with van der Waals surface area (Å²) < 4.78 is 32.9. The van der Waals surface area contributed by atoms with Gasteiger partial charge in [0.2, 0.25) is 10.0 Å². The van der Waals surface area contributed by atoms with Crippen molar-refractivity contribution in [3.8, 4) is 0 Å². The lowest BCUT2D eigenvalue weighted by molar-refractivity contribution is 0.0141. The Morgan fingerprint density at radius 2 is 1.69 bits per heavy atom. The second-order valence-corrected chi connectivity index (χ2v) is 10.4. The number of nitrogens with one attached hydrogen (secondary N) is 1. The van der Waals surface area contributed by atoms with E-state index < -0.39 is 21.7 Å². The van der Waals surface area contributed by atoms with Crippen molar-refractivity contribution in [3.63, 3.8) is 0 Å². The lowest BCUT2D eigenvalue weighted by Crippen LogP contribution is -2.51. The van der Waals surface area contributed by atoms with Crippen molar-refractivity contribution in [1.82, 2.24) is 14.5 Å². The predicted molar refractivity (Wildman–Crippen MR) is 109 cm³/mol. The van der Waals surface area contributed by atoms with Crippen LogP contribution < -0.4 is 4.72 Å². The van der Waals surface area contributed by atoms with E-state index >= 15 is 0 Å². The van der Waals surface area contributed by atoms with Crippen molar-refractivity contribution in [2.45, 2.75) is 50.2 Å². The summed E-state index contributed by atoms with van der Waals surface area (Å²) in [6.45, 7) is 6.77. The number of halogens is 1. The second-order valence-electron chi connectivity index (χ2n) is 8.30. The molecule has 0 radical (unpaired) electrons. The zero-order valence-corrected chi connectivity index (χ0v) is 18.3. The molecule has 1 saturated carbocycles. The molecule has 0 bridgehead atoms. The van der Waals surface area contributed by atoms with Crippen molar-refractivity contribution in [1.29, 1.82) is 0 Å². The summed E-state index contributed by atoms with van der Waals surface area (Å²) in [7, 11) is -3.77. The number of hydrogen-bond donors (Lipinski definition) is 1. The zero-order valence-electron chi connectivity index (χ0n) is 16.8. The summed E-state index contributed by atoms with van der Waals surface area (Å²) >= 11 is 6.08. The lowest BCUT2D eigenvalue weighted by atomic mass is 10.2. The molecule has 0 atom stereocenters. The van der Waals surface area contributed by atoms with E-state index in [2.05, 4.69) is 4.72 Å². The summed E-state index contributed by atoms with van der Waals surface area (Å²) in [5.41, 5.74) is -0.333. The van der Waals surface area contributed by atoms with Crippen LogP contribution in [0.5, 0.6) is 0 Å². The molecule has 0 spiro atoms. The third kappa shape index (κ3) is 5.61. The zero-order chi connectivity index (χ0) is 21.4. The maximum absolute atomic E-state index is 12.9. The molecule has 3 rings (SSSR count). The van der Waals surface area contributed by atoms with Crippen LogP contribution in [0.3, 0.4) is 0 Å². The normalized spacial score (nSPS) is 17.9. The Morgan fingerprint density at radius 3 is 2.24 bits per heavy atom. The fraction of sp³-hybridized carbons (Fsp3) is 0.579. The quantitative estimate of drug-likeness (QED) is 0.771. The van der Waals surface area contributed by atoms with Crippen LogP contribution in [0.25, 0.3) is 0 Å². The summed E-state index contributed by atoms with van der Waals surface area (Å²) in [6, 6.07) is 4.19. The summed E-state index contributed by atoms with van der Waals surface area (Å²) in [6.07, 6.45) is 1.20. The van der Waals surface area contributed by atoms with Gasteiger partial charge in [-0.25, -0.2) is 17.9 Å². The van der Waals surface area contributed by atoms with E-state index in [1.54, 1.807) is 30.6 Å². The Balaban J connectivity index is 1.67. The fourth-order valence-corrected chi connectivity index (χ4v) is 4.76. The highest BCUT2D eigenvalue weighted by Gasteiger charge is 2.31. The molecule has 1 saturated heterocycles. The van der Waals surface area contributed by atoms with Crippen molar-refractivity contribution < 1.29 is 22.7 Å². The molecule has 2 fully saturated rings. The molecular formula is C19H26ClN3O5S. The van der Waals surface area contributed by atoms with Gasteiger partial charge in [0.25, 0.3) is 5.91 Å². The van der Waals surface area contributed by atoms with Gasteiger partial charge in [0.05, 0.1) is 5.02 Å². The lowest BCUT2D eigenvalue weighted by Gasteiger charge is -2.35. The van der Waals surface area contributed by atoms with Gasteiger partial charge in [-0.2, -0.15) is 0 Å². The number of nitrogens with zero attached hydrogens (tertiary/aromatic N) is 2. The van der Waals surface area contributed by atoms with Crippen molar-refractivity contribution in [3.05, 3.63) is 28.8 Å². The maximum atomic E-state index is 12.9. The van der Waals surface area contributed by atoms with Gasteiger partial charge in [-0.05, 0) is 51.8 Å². The number of piperazine rings is 1. The molecule has 1 aromatic rings. The number of amides is 2. The Hall–Kier alpha value is -1.84. The maximum Gasteiger partial charge on any atom is 0.410 e. The van der Waals surface area contributed by atoms with E-state index in [4.69, 9.17) is 16.3 Å². The van der Waals surface area contributed by atoms with Gasteiger partial charge >= 0.3 is 6.09 Å². The number of hydrogen-bond acceptors (Lipinski definition) is 5. The molecule has 160 valence electrons. The highest BCUT2D eigenvalue weighted by Crippen LogP contribution is 2.27. The van der Waals surface area contributed by atoms with Gasteiger partial charge in [-0.1, -0.05) is 11.6 Å². The first-order valence-corrected chi connectivity index (χ1v) is 11.4. The first-order chi connectivity index (χ1) is 13.5. The highest BCUT2D eigenvalue weighted by molar-refractivity contribution is 7.89. The average Bonchev–Trinajstić information content (AvgIpc) is 3.43. The molecule has 29 heavy (non-hydrogen) atoms. The molecule has 0 unspecified atom stereocenters. The predicted octanol–water partition coefficient (Wildman–Crippen LogP) is 2.47. The van der Waals surface area contributed by atoms with E-state index in [0.717, 1.165) is 12.8 Å². The van der Waals surface area contributed by atoms with E-state index in [9.17, 15) is 18.0 Å². The Morgan fingerprint density at radius 1 is 1.10 bits per heavy atom. The minimum absolute atomic E-state index is 0.0589. The van der Waals surface area contributed by atoms with Crippen molar-refractivity contribution in [2.75, 3.05) is 26.2 Å². The van der Waals surface area contributed by atoms with Gasteiger partial charge in [0.15, 0.2) is 0 Å². The van der Waals surface area contributed by atoms with Crippen LogP contribution in [0.4, 0.5) is 4.79 Å². The monoisotopic (exact) mass is 443 g/mol. The molecular weight excluding hydrogens is 418 g/mol. The standard InChI is InChI=1S/C19H26ClN3O5S/c1-19(2,3)28-18(25)23-10-8-22(9-11-23)17(24)13-4-7-15(20)16(12-13)29(26,27)21-14-5-6-14/h4,7,12,14,21H,5-6,8-11H2,1-3H3. The Labute approximate surface area is 176 Å². The third-order valence-electron chi connectivity index (χ3n) is 4.59. The Bertz CT molecular complexity index is 901. The molecule has 1 aromatic carbocycles. The third-order valence-corrected chi connectivity index (χ3v) is 6.59. The molecule has 1 N–H and O–H groups in total. The van der Waals surface area contributed by atoms with Crippen LogP contribution in [0.15, 0.2) is 23.1 Å². The average molecular weight is 444 g/mol. The number of benzene rings is 1. The van der Waals surface area contributed by atoms with Crippen LogP contribution >= 0.6 is 11.6 Å². The van der Waals surface area contributed by atoms with Crippen LogP contribution in [-0.4, -0.2) is 68.0 Å². The summed E-state index contributed by atoms with van der Waals surface area (Å²) in [4.78, 5) is 28.1. The molecule has 2 amide bonds. The van der Waals surface area contributed by atoms with Gasteiger partial charge in [0, 0.05) is 37.8 Å². The minimum atomic E-state index is -3.77. The minimum Gasteiger partial charge on any atom is -0.444 e. The van der Waals surface area contributed by atoms with Gasteiger partial charge < -0.3 is 14.5 Å². The molecule has 0 aromatic heterocycles. The van der Waals surface area contributed by atoms with Crippen molar-refractivity contribution >= 4 is 33.6 Å². The van der Waals surface area contributed by atoms with E-state index in [1.165, 1.54) is 18.2 Å². The van der Waals surface area contributed by atoms with Crippen LogP contribution in [-0.2, 0) is 14.8 Å². The van der Waals surface area contributed by atoms with Gasteiger partial charge in [-0.15, -0.1) is 0 Å². The molecule has 8 nitrogen and oxygen atoms in total. The smallest absolute Gasteiger partial charge is 0.410 e. The number of sulfonamides is 1. The van der Waals surface area contributed by atoms with E-state index in [0.29, 0.717) is 26.2 Å². The molecule has 10 heteroatoms.